The monoisotopic (exact) mass is 497 g/mol. The largest absolute Gasteiger partial charge is 0.426 e. The number of nitrogens with zero attached hydrogens (tertiary/aromatic N) is 1. The van der Waals surface area contributed by atoms with Crippen LogP contribution >= 0.6 is 50.5 Å². The van der Waals surface area contributed by atoms with Crippen molar-refractivity contribution in [3.63, 3.8) is 0 Å². The number of carbonyl (C=O) groups excluding carboxylic acids is 1. The van der Waals surface area contributed by atoms with Gasteiger partial charge in [-0.05, 0) is 53.0 Å². The van der Waals surface area contributed by atoms with Crippen LogP contribution in [0.3, 0.4) is 0 Å². The van der Waals surface area contributed by atoms with Gasteiger partial charge in [0.2, 0.25) is 0 Å². The Kier molecular flexibility index (Phi) is 6.31. The zero-order valence-electron chi connectivity index (χ0n) is 13.3. The van der Waals surface area contributed by atoms with Crippen molar-refractivity contribution in [2.75, 3.05) is 13.1 Å². The number of hydrogen-bond donors (Lipinski definition) is 0. The smallest absolute Gasteiger partial charge is 0.314 e. The summed E-state index contributed by atoms with van der Waals surface area (Å²) in [7, 11) is -3.52. The minimum absolute atomic E-state index is 0.277. The number of carbonyl (C=O) groups is 1. The van der Waals surface area contributed by atoms with E-state index in [4.69, 9.17) is 27.9 Å². The molecular formula is C16H14BrCl2NO4S2. The molecule has 0 amide bonds. The molecule has 1 aromatic heterocycles. The molecule has 1 saturated heterocycles. The highest BCUT2D eigenvalue weighted by atomic mass is 79.9. The van der Waals surface area contributed by atoms with Gasteiger partial charge in [-0.15, -0.1) is 11.3 Å². The highest BCUT2D eigenvalue weighted by molar-refractivity contribution is 9.11. The van der Waals surface area contributed by atoms with E-state index in [1.165, 1.54) is 21.7 Å². The van der Waals surface area contributed by atoms with Crippen molar-refractivity contribution in [3.8, 4) is 5.75 Å². The Bertz CT molecular complexity index is 924. The fraction of sp³-hybridized carbons (Fsp3) is 0.312. The van der Waals surface area contributed by atoms with Gasteiger partial charge in [-0.1, -0.05) is 23.2 Å². The molecule has 1 aliphatic heterocycles. The second kappa shape index (κ2) is 8.16. The Hall–Kier alpha value is -0.640. The van der Waals surface area contributed by atoms with Crippen LogP contribution in [0.2, 0.25) is 10.0 Å². The van der Waals surface area contributed by atoms with Crippen molar-refractivity contribution in [3.05, 3.63) is 44.2 Å². The first kappa shape index (κ1) is 20.1. The fourth-order valence-corrected chi connectivity index (χ4v) is 6.56. The molecule has 0 saturated carbocycles. The molecule has 2 heterocycles. The van der Waals surface area contributed by atoms with Gasteiger partial charge in [0.25, 0.3) is 10.0 Å². The van der Waals surface area contributed by atoms with Crippen LogP contribution in [0.5, 0.6) is 5.75 Å². The van der Waals surface area contributed by atoms with E-state index in [1.807, 2.05) is 0 Å². The van der Waals surface area contributed by atoms with Crippen LogP contribution in [0.15, 0.2) is 38.3 Å². The average molecular weight is 499 g/mol. The minimum atomic E-state index is -3.52. The third-order valence-corrected chi connectivity index (χ3v) is 8.77. The maximum atomic E-state index is 12.6. The molecule has 0 unspecified atom stereocenters. The number of esters is 1. The first-order chi connectivity index (χ1) is 12.3. The summed E-state index contributed by atoms with van der Waals surface area (Å²) in [6, 6.07) is 7.89. The zero-order valence-corrected chi connectivity index (χ0v) is 18.1. The van der Waals surface area contributed by atoms with Gasteiger partial charge >= 0.3 is 5.97 Å². The molecule has 1 fully saturated rings. The Morgan fingerprint density at radius 2 is 1.85 bits per heavy atom. The van der Waals surface area contributed by atoms with Crippen molar-refractivity contribution < 1.29 is 17.9 Å². The van der Waals surface area contributed by atoms with Crippen LogP contribution in [-0.2, 0) is 14.8 Å². The van der Waals surface area contributed by atoms with Crippen LogP contribution in [0, 0.1) is 5.92 Å². The maximum Gasteiger partial charge on any atom is 0.314 e. The molecule has 1 aliphatic rings. The minimum Gasteiger partial charge on any atom is -0.426 e. The summed E-state index contributed by atoms with van der Waals surface area (Å²) >= 11 is 16.2. The average Bonchev–Trinajstić information content (AvgIpc) is 3.05. The molecule has 0 atom stereocenters. The lowest BCUT2D eigenvalue weighted by atomic mass is 9.98. The van der Waals surface area contributed by atoms with Gasteiger partial charge in [0.05, 0.1) is 19.7 Å². The topological polar surface area (TPSA) is 63.7 Å². The van der Waals surface area contributed by atoms with Crippen LogP contribution < -0.4 is 4.74 Å². The Balaban J connectivity index is 1.61. The molecule has 5 nitrogen and oxygen atoms in total. The number of benzene rings is 1. The Labute approximate surface area is 174 Å². The van der Waals surface area contributed by atoms with Gasteiger partial charge < -0.3 is 4.74 Å². The SMILES string of the molecule is O=C(Oc1ccc(Cl)c(Cl)c1)C1CCN(S(=O)(=O)c2ccc(Br)s2)CC1. The number of piperidine rings is 1. The van der Waals surface area contributed by atoms with Gasteiger partial charge in [-0.2, -0.15) is 4.31 Å². The molecular weight excluding hydrogens is 485 g/mol. The number of sulfonamides is 1. The third kappa shape index (κ3) is 4.43. The van der Waals surface area contributed by atoms with E-state index in [9.17, 15) is 13.2 Å². The molecule has 2 aromatic rings. The Morgan fingerprint density at radius 1 is 1.15 bits per heavy atom. The molecule has 10 heteroatoms. The lowest BCUT2D eigenvalue weighted by Crippen LogP contribution is -2.40. The van der Waals surface area contributed by atoms with E-state index >= 15 is 0 Å². The fourth-order valence-electron chi connectivity index (χ4n) is 2.64. The van der Waals surface area contributed by atoms with Crippen molar-refractivity contribution in [1.29, 1.82) is 0 Å². The third-order valence-electron chi connectivity index (χ3n) is 4.04. The van der Waals surface area contributed by atoms with Gasteiger partial charge in [0, 0.05) is 19.2 Å². The summed E-state index contributed by atoms with van der Waals surface area (Å²) in [6.07, 6.45) is 0.817. The predicted octanol–water partition coefficient (Wildman–Crippen LogP) is 4.82. The lowest BCUT2D eigenvalue weighted by molar-refractivity contribution is -0.140. The summed E-state index contributed by atoms with van der Waals surface area (Å²) in [5.74, 6) is -0.423. The van der Waals surface area contributed by atoms with Crippen LogP contribution in [0.1, 0.15) is 12.8 Å². The van der Waals surface area contributed by atoms with Gasteiger partial charge in [-0.25, -0.2) is 8.42 Å². The van der Waals surface area contributed by atoms with E-state index < -0.39 is 10.0 Å². The number of hydrogen-bond acceptors (Lipinski definition) is 5. The van der Waals surface area contributed by atoms with Crippen molar-refractivity contribution in [2.45, 2.75) is 17.1 Å². The number of halogens is 3. The van der Waals surface area contributed by atoms with E-state index in [-0.39, 0.29) is 25.0 Å². The predicted molar refractivity (Wildman–Crippen MR) is 106 cm³/mol. The van der Waals surface area contributed by atoms with E-state index in [0.29, 0.717) is 32.8 Å². The number of thiophene rings is 1. The summed E-state index contributed by atoms with van der Waals surface area (Å²) < 4.78 is 33.0. The van der Waals surface area contributed by atoms with E-state index in [2.05, 4.69) is 15.9 Å². The first-order valence-corrected chi connectivity index (χ1v) is 11.5. The van der Waals surface area contributed by atoms with Crippen molar-refractivity contribution >= 4 is 66.5 Å². The summed E-state index contributed by atoms with van der Waals surface area (Å²) in [4.78, 5) is 12.3. The molecule has 0 aliphatic carbocycles. The highest BCUT2D eigenvalue weighted by Gasteiger charge is 2.33. The molecule has 0 N–H and O–H groups in total. The quantitative estimate of drug-likeness (QED) is 0.447. The molecule has 0 radical (unpaired) electrons. The van der Waals surface area contributed by atoms with E-state index in [0.717, 1.165) is 3.79 Å². The summed E-state index contributed by atoms with van der Waals surface area (Å²) in [5, 5.41) is 0.685. The normalized spacial score (nSPS) is 16.6. The molecule has 0 bridgehead atoms. The van der Waals surface area contributed by atoms with Crippen molar-refractivity contribution in [1.82, 2.24) is 4.31 Å². The second-order valence-corrected chi connectivity index (χ2v) is 11.2. The number of rotatable bonds is 4. The van der Waals surface area contributed by atoms with Crippen molar-refractivity contribution in [2.24, 2.45) is 5.92 Å². The summed E-state index contributed by atoms with van der Waals surface area (Å²) in [5.41, 5.74) is 0. The highest BCUT2D eigenvalue weighted by Crippen LogP contribution is 2.32. The van der Waals surface area contributed by atoms with Gasteiger partial charge in [0.15, 0.2) is 0 Å². The molecule has 140 valence electrons. The molecule has 3 rings (SSSR count). The standard InChI is InChI=1S/C16H14BrCl2NO4S2/c17-14-3-4-15(25-14)26(22,23)20-7-5-10(6-8-20)16(21)24-11-1-2-12(18)13(19)9-11/h1-4,9-10H,5-8H2. The van der Waals surface area contributed by atoms with Gasteiger partial charge in [0.1, 0.15) is 9.96 Å². The first-order valence-electron chi connectivity index (χ1n) is 7.69. The van der Waals surface area contributed by atoms with E-state index in [1.54, 1.807) is 24.3 Å². The van der Waals surface area contributed by atoms with Gasteiger partial charge in [-0.3, -0.25) is 4.79 Å². The van der Waals surface area contributed by atoms with Crippen LogP contribution in [0.25, 0.3) is 0 Å². The Morgan fingerprint density at radius 3 is 2.42 bits per heavy atom. The van der Waals surface area contributed by atoms with Crippen LogP contribution in [0.4, 0.5) is 0 Å². The molecule has 0 spiro atoms. The summed E-state index contributed by atoms with van der Waals surface area (Å²) in [6.45, 7) is 0.554. The van der Waals surface area contributed by atoms with Crippen LogP contribution in [-0.4, -0.2) is 31.8 Å². The lowest BCUT2D eigenvalue weighted by Gasteiger charge is -2.29. The molecule has 1 aromatic carbocycles. The maximum absolute atomic E-state index is 12.6. The molecule has 26 heavy (non-hydrogen) atoms. The number of ether oxygens (including phenoxy) is 1. The zero-order chi connectivity index (χ0) is 18.9. The second-order valence-electron chi connectivity index (χ2n) is 5.73.